The number of nitrogens with one attached hydrogen (secondary N) is 1. The molecule has 0 heterocycles. The fourth-order valence-electron chi connectivity index (χ4n) is 3.08. The highest BCUT2D eigenvalue weighted by Crippen LogP contribution is 2.20. The Morgan fingerprint density at radius 3 is 2.03 bits per heavy atom. The van der Waals surface area contributed by atoms with Crippen molar-refractivity contribution in [1.82, 2.24) is 5.32 Å². The van der Waals surface area contributed by atoms with Crippen LogP contribution in [0, 0.1) is 0 Å². The molecule has 3 rings (SSSR count). The minimum atomic E-state index is -1.03. The van der Waals surface area contributed by atoms with Crippen molar-refractivity contribution in [2.45, 2.75) is 25.3 Å². The van der Waals surface area contributed by atoms with E-state index >= 15 is 0 Å². The van der Waals surface area contributed by atoms with Crippen LogP contribution in [0.2, 0.25) is 0 Å². The molecule has 0 aliphatic heterocycles. The number of halogens is 1. The van der Waals surface area contributed by atoms with E-state index in [0.717, 1.165) is 26.7 Å². The first kappa shape index (κ1) is 20.8. The summed E-state index contributed by atoms with van der Waals surface area (Å²) in [5.41, 5.74) is 4.08. The summed E-state index contributed by atoms with van der Waals surface area (Å²) < 4.78 is 0.981. The summed E-state index contributed by atoms with van der Waals surface area (Å²) in [6.07, 6.45) is 1.06. The van der Waals surface area contributed by atoms with Gasteiger partial charge in [0.2, 0.25) is 5.91 Å². The van der Waals surface area contributed by atoms with Crippen LogP contribution in [-0.2, 0) is 22.4 Å². The second-order valence-electron chi connectivity index (χ2n) is 6.85. The van der Waals surface area contributed by atoms with Crippen molar-refractivity contribution in [3.63, 3.8) is 0 Å². The Morgan fingerprint density at radius 1 is 0.828 bits per heavy atom. The Hall–Kier alpha value is -2.92. The van der Waals surface area contributed by atoms with Crippen molar-refractivity contribution in [3.8, 4) is 11.1 Å². The van der Waals surface area contributed by atoms with E-state index in [2.05, 4.69) is 21.2 Å². The number of benzene rings is 3. The lowest BCUT2D eigenvalue weighted by atomic mass is 10.0. The Balaban J connectivity index is 1.57. The van der Waals surface area contributed by atoms with Crippen LogP contribution in [0.15, 0.2) is 83.3 Å². The maximum atomic E-state index is 12.2. The van der Waals surface area contributed by atoms with Gasteiger partial charge in [0.1, 0.15) is 6.04 Å². The highest BCUT2D eigenvalue weighted by molar-refractivity contribution is 9.10. The predicted octanol–water partition coefficient (Wildman–Crippen LogP) is 4.86. The van der Waals surface area contributed by atoms with E-state index in [1.165, 1.54) is 0 Å². The molecule has 0 radical (unpaired) electrons. The normalized spacial score (nSPS) is 11.6. The van der Waals surface area contributed by atoms with Crippen LogP contribution in [0.4, 0.5) is 0 Å². The molecule has 148 valence electrons. The summed E-state index contributed by atoms with van der Waals surface area (Å²) in [5, 5.41) is 12.2. The highest BCUT2D eigenvalue weighted by atomic mass is 79.9. The fourth-order valence-corrected chi connectivity index (χ4v) is 3.34. The topological polar surface area (TPSA) is 66.4 Å². The molecule has 0 aromatic heterocycles. The van der Waals surface area contributed by atoms with Crippen LogP contribution in [0.1, 0.15) is 17.5 Å². The molecular formula is C24H22BrNO3. The van der Waals surface area contributed by atoms with Gasteiger partial charge in [-0.1, -0.05) is 82.7 Å². The lowest BCUT2D eigenvalue weighted by molar-refractivity contribution is -0.141. The quantitative estimate of drug-likeness (QED) is 0.513. The number of carbonyl (C=O) groups excluding carboxylic acids is 1. The lowest BCUT2D eigenvalue weighted by Gasteiger charge is -2.15. The molecule has 1 atom stereocenters. The van der Waals surface area contributed by atoms with Gasteiger partial charge in [-0.15, -0.1) is 0 Å². The average molecular weight is 452 g/mol. The number of carboxylic acid groups (broad SMARTS) is 1. The van der Waals surface area contributed by atoms with Gasteiger partial charge < -0.3 is 10.4 Å². The number of aliphatic carboxylic acids is 1. The molecule has 0 fully saturated rings. The zero-order valence-electron chi connectivity index (χ0n) is 15.8. The number of hydrogen-bond donors (Lipinski definition) is 2. The van der Waals surface area contributed by atoms with E-state index in [9.17, 15) is 14.7 Å². The summed E-state index contributed by atoms with van der Waals surface area (Å²) in [4.78, 5) is 23.9. The predicted molar refractivity (Wildman–Crippen MR) is 118 cm³/mol. The minimum Gasteiger partial charge on any atom is -0.480 e. The van der Waals surface area contributed by atoms with Gasteiger partial charge in [0, 0.05) is 17.3 Å². The molecular weight excluding hydrogens is 430 g/mol. The smallest absolute Gasteiger partial charge is 0.326 e. The van der Waals surface area contributed by atoms with Gasteiger partial charge in [-0.2, -0.15) is 0 Å². The summed E-state index contributed by atoms with van der Waals surface area (Å²) in [5.74, 6) is -1.30. The Morgan fingerprint density at radius 2 is 1.41 bits per heavy atom. The van der Waals surface area contributed by atoms with Gasteiger partial charge in [-0.3, -0.25) is 4.79 Å². The maximum absolute atomic E-state index is 12.2. The zero-order chi connectivity index (χ0) is 20.6. The fraction of sp³-hybridized carbons (Fsp3) is 0.167. The van der Waals surface area contributed by atoms with Gasteiger partial charge in [-0.05, 0) is 40.8 Å². The van der Waals surface area contributed by atoms with Crippen molar-refractivity contribution in [2.75, 3.05) is 0 Å². The third-order valence-electron chi connectivity index (χ3n) is 4.69. The second-order valence-corrected chi connectivity index (χ2v) is 7.77. The minimum absolute atomic E-state index is 0.244. The highest BCUT2D eigenvalue weighted by Gasteiger charge is 2.20. The molecule has 0 aliphatic rings. The molecule has 0 saturated carbocycles. The van der Waals surface area contributed by atoms with Crippen LogP contribution in [0.5, 0.6) is 0 Å². The zero-order valence-corrected chi connectivity index (χ0v) is 17.4. The molecule has 3 aromatic carbocycles. The van der Waals surface area contributed by atoms with Crippen molar-refractivity contribution >= 4 is 27.8 Å². The van der Waals surface area contributed by atoms with E-state index in [4.69, 9.17) is 0 Å². The van der Waals surface area contributed by atoms with Crippen LogP contribution < -0.4 is 5.32 Å². The molecule has 4 nitrogen and oxygen atoms in total. The van der Waals surface area contributed by atoms with Gasteiger partial charge in [0.15, 0.2) is 0 Å². The van der Waals surface area contributed by atoms with Crippen molar-refractivity contribution in [1.29, 1.82) is 0 Å². The number of rotatable bonds is 8. The molecule has 29 heavy (non-hydrogen) atoms. The first-order chi connectivity index (χ1) is 14.0. The van der Waals surface area contributed by atoms with Crippen LogP contribution in [0.3, 0.4) is 0 Å². The van der Waals surface area contributed by atoms with Gasteiger partial charge in [-0.25, -0.2) is 4.79 Å². The largest absolute Gasteiger partial charge is 0.480 e. The summed E-state index contributed by atoms with van der Waals surface area (Å²) >= 11 is 3.38. The molecule has 0 aliphatic carbocycles. The van der Waals surface area contributed by atoms with E-state index in [1.54, 1.807) is 0 Å². The number of carbonyl (C=O) groups is 2. The lowest BCUT2D eigenvalue weighted by Crippen LogP contribution is -2.42. The van der Waals surface area contributed by atoms with Crippen molar-refractivity contribution in [2.24, 2.45) is 0 Å². The summed E-state index contributed by atoms with van der Waals surface area (Å²) in [6.45, 7) is 0. The molecule has 1 unspecified atom stereocenters. The monoisotopic (exact) mass is 451 g/mol. The number of amides is 1. The molecule has 3 aromatic rings. The summed E-state index contributed by atoms with van der Waals surface area (Å²) in [6, 6.07) is 24.5. The molecule has 2 N–H and O–H groups in total. The van der Waals surface area contributed by atoms with Crippen molar-refractivity contribution in [3.05, 3.63) is 94.5 Å². The Bertz CT molecular complexity index is 954. The van der Waals surface area contributed by atoms with Gasteiger partial charge in [0.25, 0.3) is 0 Å². The maximum Gasteiger partial charge on any atom is 0.326 e. The number of aryl methyl sites for hydroxylation is 1. The standard InChI is InChI=1S/C24H22BrNO3/c25-21-13-8-17(9-14-21)10-15-23(27)26-22(24(28)29)16-18-6-11-20(12-7-18)19-4-2-1-3-5-19/h1-9,11-14,22H,10,15-16H2,(H,26,27)(H,28,29). The summed E-state index contributed by atoms with van der Waals surface area (Å²) in [7, 11) is 0. The molecule has 0 spiro atoms. The van der Waals surface area contributed by atoms with Crippen LogP contribution >= 0.6 is 15.9 Å². The van der Waals surface area contributed by atoms with E-state index in [0.29, 0.717) is 6.42 Å². The number of hydrogen-bond acceptors (Lipinski definition) is 2. The first-order valence-electron chi connectivity index (χ1n) is 9.42. The Kier molecular flexibility index (Phi) is 7.19. The molecule has 0 saturated heterocycles. The van der Waals surface area contributed by atoms with E-state index in [1.807, 2.05) is 78.9 Å². The van der Waals surface area contributed by atoms with E-state index in [-0.39, 0.29) is 18.7 Å². The third-order valence-corrected chi connectivity index (χ3v) is 5.22. The second kappa shape index (κ2) is 10.0. The van der Waals surface area contributed by atoms with Crippen molar-refractivity contribution < 1.29 is 14.7 Å². The third kappa shape index (κ3) is 6.29. The van der Waals surface area contributed by atoms with Crippen LogP contribution in [0.25, 0.3) is 11.1 Å². The van der Waals surface area contributed by atoms with Crippen LogP contribution in [-0.4, -0.2) is 23.0 Å². The first-order valence-corrected chi connectivity index (χ1v) is 10.2. The number of carboxylic acids is 1. The molecule has 0 bridgehead atoms. The van der Waals surface area contributed by atoms with Gasteiger partial charge >= 0.3 is 5.97 Å². The van der Waals surface area contributed by atoms with E-state index < -0.39 is 12.0 Å². The molecule has 5 heteroatoms. The van der Waals surface area contributed by atoms with Gasteiger partial charge in [0.05, 0.1) is 0 Å². The Labute approximate surface area is 178 Å². The average Bonchev–Trinajstić information content (AvgIpc) is 2.74. The SMILES string of the molecule is O=C(CCc1ccc(Br)cc1)NC(Cc1ccc(-c2ccccc2)cc1)C(=O)O. The molecule has 1 amide bonds.